The number of aliphatic hydroxyl groups is 1. The normalized spacial score (nSPS) is 14.5. The lowest BCUT2D eigenvalue weighted by Gasteiger charge is -2.21. The molecule has 1 aromatic heterocycles. The van der Waals surface area contributed by atoms with Crippen molar-refractivity contribution in [3.05, 3.63) is 57.8 Å². The molecule has 2 aromatic rings. The minimum Gasteiger partial charge on any atom is -0.386 e. The summed E-state index contributed by atoms with van der Waals surface area (Å²) in [5, 5.41) is 12.0. The van der Waals surface area contributed by atoms with Gasteiger partial charge in [-0.1, -0.05) is 18.2 Å². The number of nitrogens with zero attached hydrogens (tertiary/aromatic N) is 2. The van der Waals surface area contributed by atoms with Gasteiger partial charge in [-0.25, -0.2) is 0 Å². The molecule has 2 heterocycles. The highest BCUT2D eigenvalue weighted by Crippen LogP contribution is 2.23. The Kier molecular flexibility index (Phi) is 5.49. The van der Waals surface area contributed by atoms with Crippen LogP contribution < -0.4 is 0 Å². The van der Waals surface area contributed by atoms with Crippen LogP contribution in [0.25, 0.3) is 0 Å². The van der Waals surface area contributed by atoms with Crippen molar-refractivity contribution in [3.8, 4) is 0 Å². The number of benzene rings is 1. The molecule has 0 spiro atoms. The molecule has 26 heavy (non-hydrogen) atoms. The van der Waals surface area contributed by atoms with Gasteiger partial charge in [-0.2, -0.15) is 0 Å². The van der Waals surface area contributed by atoms with Crippen molar-refractivity contribution in [1.29, 1.82) is 0 Å². The monoisotopic (exact) mass is 372 g/mol. The molecule has 0 radical (unpaired) electrons. The Morgan fingerprint density at radius 3 is 2.38 bits per heavy atom. The number of rotatable bonds is 7. The Labute approximate surface area is 155 Å². The van der Waals surface area contributed by atoms with E-state index >= 15 is 0 Å². The highest BCUT2D eigenvalue weighted by Gasteiger charge is 2.34. The molecule has 1 aromatic carbocycles. The fraction of sp³-hybridized carbons (Fsp3) is 0.316. The molecule has 7 heteroatoms. The minimum atomic E-state index is -0.708. The number of amides is 3. The molecule has 1 unspecified atom stereocenters. The number of likely N-dealkylation sites (N-methyl/N-ethyl adjacent to an activating group) is 1. The van der Waals surface area contributed by atoms with Gasteiger partial charge in [0.15, 0.2) is 0 Å². The summed E-state index contributed by atoms with van der Waals surface area (Å²) in [7, 11) is 1.64. The largest absolute Gasteiger partial charge is 0.386 e. The van der Waals surface area contributed by atoms with E-state index in [1.165, 1.54) is 21.1 Å². The predicted octanol–water partition coefficient (Wildman–Crippen LogP) is 2.32. The maximum Gasteiger partial charge on any atom is 0.261 e. The molecule has 6 nitrogen and oxygen atoms in total. The van der Waals surface area contributed by atoms with Crippen LogP contribution in [0.5, 0.6) is 0 Å². The van der Waals surface area contributed by atoms with Crippen molar-refractivity contribution in [2.45, 2.75) is 18.9 Å². The van der Waals surface area contributed by atoms with Crippen LogP contribution in [0.2, 0.25) is 0 Å². The first-order valence-corrected chi connectivity index (χ1v) is 9.27. The summed E-state index contributed by atoms with van der Waals surface area (Å²) in [5.41, 5.74) is 0.833. The van der Waals surface area contributed by atoms with Gasteiger partial charge in [0.05, 0.1) is 17.7 Å². The first-order chi connectivity index (χ1) is 12.5. The summed E-state index contributed by atoms with van der Waals surface area (Å²) in [4.78, 5) is 40.3. The number of hydrogen-bond donors (Lipinski definition) is 1. The Morgan fingerprint density at radius 1 is 1.15 bits per heavy atom. The number of aliphatic hydroxyl groups excluding tert-OH is 1. The van der Waals surface area contributed by atoms with Gasteiger partial charge in [0, 0.05) is 24.9 Å². The second-order valence-corrected chi connectivity index (χ2v) is 7.20. The van der Waals surface area contributed by atoms with E-state index in [-0.39, 0.29) is 37.2 Å². The number of hydrogen-bond acceptors (Lipinski definition) is 5. The van der Waals surface area contributed by atoms with Crippen molar-refractivity contribution >= 4 is 29.1 Å². The summed E-state index contributed by atoms with van der Waals surface area (Å²) in [5.74, 6) is -0.740. The molecule has 0 saturated carbocycles. The molecule has 1 N–H and O–H groups in total. The van der Waals surface area contributed by atoms with Crippen LogP contribution in [0.3, 0.4) is 0 Å². The van der Waals surface area contributed by atoms with Gasteiger partial charge in [0.25, 0.3) is 11.8 Å². The van der Waals surface area contributed by atoms with Crippen molar-refractivity contribution < 1.29 is 19.5 Å². The van der Waals surface area contributed by atoms with Crippen molar-refractivity contribution in [3.63, 3.8) is 0 Å². The van der Waals surface area contributed by atoms with Crippen LogP contribution in [0.15, 0.2) is 41.8 Å². The number of fused-ring (bicyclic) bond motifs is 1. The van der Waals surface area contributed by atoms with E-state index in [1.807, 2.05) is 17.5 Å². The zero-order chi connectivity index (χ0) is 18.7. The molecular weight excluding hydrogens is 352 g/mol. The van der Waals surface area contributed by atoms with Gasteiger partial charge in [-0.15, -0.1) is 11.3 Å². The van der Waals surface area contributed by atoms with E-state index in [0.717, 1.165) is 4.88 Å². The molecular formula is C19H20N2O4S. The summed E-state index contributed by atoms with van der Waals surface area (Å²) in [6, 6.07) is 10.4. The standard InChI is InChI=1S/C19H20N2O4S/c1-20(12-15(22)16-8-5-11-26-16)17(23)9-4-10-21-18(24)13-6-2-3-7-14(13)19(21)25/h2-3,5-8,11,15,22H,4,9-10,12H2,1H3. The lowest BCUT2D eigenvalue weighted by atomic mass is 10.1. The number of thiophene rings is 1. The van der Waals surface area contributed by atoms with Gasteiger partial charge < -0.3 is 10.0 Å². The quantitative estimate of drug-likeness (QED) is 0.757. The minimum absolute atomic E-state index is 0.128. The molecule has 3 rings (SSSR count). The van der Waals surface area contributed by atoms with E-state index in [1.54, 1.807) is 31.3 Å². The van der Waals surface area contributed by atoms with E-state index in [2.05, 4.69) is 0 Å². The molecule has 1 aliphatic heterocycles. The molecule has 0 aliphatic carbocycles. The predicted molar refractivity (Wildman–Crippen MR) is 98.0 cm³/mol. The third-order valence-electron chi connectivity index (χ3n) is 4.39. The lowest BCUT2D eigenvalue weighted by Crippen LogP contribution is -2.33. The first kappa shape index (κ1) is 18.3. The number of imide groups is 1. The molecule has 1 aliphatic rings. The van der Waals surface area contributed by atoms with Crippen molar-refractivity contribution in [2.24, 2.45) is 0 Å². The molecule has 0 fully saturated rings. The van der Waals surface area contributed by atoms with Gasteiger partial charge in [0.2, 0.25) is 5.91 Å². The molecule has 1 atom stereocenters. The van der Waals surface area contributed by atoms with Gasteiger partial charge in [-0.05, 0) is 30.0 Å². The molecule has 0 bridgehead atoms. The summed E-state index contributed by atoms with van der Waals surface area (Å²) in [6.45, 7) is 0.422. The third kappa shape index (κ3) is 3.68. The summed E-state index contributed by atoms with van der Waals surface area (Å²) >= 11 is 1.44. The van der Waals surface area contributed by atoms with Crippen molar-refractivity contribution in [1.82, 2.24) is 9.80 Å². The molecule has 0 saturated heterocycles. The van der Waals surface area contributed by atoms with Crippen LogP contribution in [0.4, 0.5) is 0 Å². The van der Waals surface area contributed by atoms with E-state index in [0.29, 0.717) is 17.5 Å². The van der Waals surface area contributed by atoms with Crippen LogP contribution in [0.1, 0.15) is 44.5 Å². The average Bonchev–Trinajstić information content (AvgIpc) is 3.25. The fourth-order valence-corrected chi connectivity index (χ4v) is 3.66. The van der Waals surface area contributed by atoms with Crippen LogP contribution in [-0.2, 0) is 4.79 Å². The van der Waals surface area contributed by atoms with Gasteiger partial charge >= 0.3 is 0 Å². The smallest absolute Gasteiger partial charge is 0.261 e. The fourth-order valence-electron chi connectivity index (χ4n) is 2.95. The second-order valence-electron chi connectivity index (χ2n) is 6.22. The Morgan fingerprint density at radius 2 is 1.81 bits per heavy atom. The Balaban J connectivity index is 1.48. The number of carbonyl (C=O) groups is 3. The van der Waals surface area contributed by atoms with Gasteiger partial charge in [0.1, 0.15) is 6.10 Å². The zero-order valence-electron chi connectivity index (χ0n) is 14.4. The highest BCUT2D eigenvalue weighted by molar-refractivity contribution is 7.10. The van der Waals surface area contributed by atoms with E-state index < -0.39 is 6.10 Å². The van der Waals surface area contributed by atoms with Crippen LogP contribution in [-0.4, -0.2) is 52.8 Å². The maximum atomic E-state index is 12.3. The topological polar surface area (TPSA) is 77.9 Å². The van der Waals surface area contributed by atoms with Crippen LogP contribution in [0, 0.1) is 0 Å². The maximum absolute atomic E-state index is 12.3. The molecule has 3 amide bonds. The lowest BCUT2D eigenvalue weighted by molar-refractivity contribution is -0.131. The second kappa shape index (κ2) is 7.80. The number of carbonyl (C=O) groups excluding carboxylic acids is 3. The SMILES string of the molecule is CN(CC(O)c1cccs1)C(=O)CCCN1C(=O)c2ccccc2C1=O. The average molecular weight is 372 g/mol. The van der Waals surface area contributed by atoms with Crippen LogP contribution >= 0.6 is 11.3 Å². The summed E-state index contributed by atoms with van der Waals surface area (Å²) in [6.07, 6.45) is -0.106. The Bertz CT molecular complexity index is 784. The third-order valence-corrected chi connectivity index (χ3v) is 5.37. The highest BCUT2D eigenvalue weighted by atomic mass is 32.1. The van der Waals surface area contributed by atoms with E-state index in [9.17, 15) is 19.5 Å². The molecule has 136 valence electrons. The van der Waals surface area contributed by atoms with Gasteiger partial charge in [-0.3, -0.25) is 19.3 Å². The summed E-state index contributed by atoms with van der Waals surface area (Å²) < 4.78 is 0. The van der Waals surface area contributed by atoms with E-state index in [4.69, 9.17) is 0 Å². The Hall–Kier alpha value is -2.51. The van der Waals surface area contributed by atoms with Crippen molar-refractivity contribution in [2.75, 3.05) is 20.1 Å². The zero-order valence-corrected chi connectivity index (χ0v) is 15.2. The first-order valence-electron chi connectivity index (χ1n) is 8.39.